The molecule has 0 saturated heterocycles. The van der Waals surface area contributed by atoms with Crippen LogP contribution in [0.15, 0.2) is 46.9 Å². The summed E-state index contributed by atoms with van der Waals surface area (Å²) in [5, 5.41) is 4.85. The van der Waals surface area contributed by atoms with Crippen molar-refractivity contribution in [1.29, 1.82) is 0 Å². The average molecular weight is 301 g/mol. The molecule has 1 aromatic heterocycles. The van der Waals surface area contributed by atoms with E-state index in [1.807, 2.05) is 0 Å². The summed E-state index contributed by atoms with van der Waals surface area (Å²) in [7, 11) is 0. The van der Waals surface area contributed by atoms with Crippen molar-refractivity contribution in [3.05, 3.63) is 64.9 Å². The van der Waals surface area contributed by atoms with Crippen molar-refractivity contribution in [2.45, 2.75) is 32.1 Å². The van der Waals surface area contributed by atoms with Gasteiger partial charge in [-0.1, -0.05) is 56.3 Å². The van der Waals surface area contributed by atoms with Crippen LogP contribution < -0.4 is 5.32 Å². The van der Waals surface area contributed by atoms with Crippen LogP contribution in [0.3, 0.4) is 0 Å². The lowest BCUT2D eigenvalue weighted by Crippen LogP contribution is -2.25. The van der Waals surface area contributed by atoms with Crippen LogP contribution in [-0.2, 0) is 11.8 Å². The van der Waals surface area contributed by atoms with Gasteiger partial charge in [0.05, 0.1) is 5.69 Å². The zero-order valence-electron chi connectivity index (χ0n) is 13.4. The molecular weight excluding hydrogens is 282 g/mol. The quantitative estimate of drug-likeness (QED) is 0.569. The maximum atomic E-state index is 6.28. The lowest BCUT2D eigenvalue weighted by atomic mass is 9.74. The Labute approximate surface area is 135 Å². The van der Waals surface area contributed by atoms with Crippen molar-refractivity contribution in [1.82, 2.24) is 0 Å². The fraction of sp³-hybridized carbons (Fsp3) is 0.238. The Kier molecular flexibility index (Phi) is 2.42. The van der Waals surface area contributed by atoms with Crippen molar-refractivity contribution in [2.24, 2.45) is 0 Å². The summed E-state index contributed by atoms with van der Waals surface area (Å²) in [6, 6.07) is 13.1. The number of rotatable bonds is 0. The number of para-hydroxylation sites is 1. The number of hydrogen-bond donors (Lipinski definition) is 1. The molecule has 114 valence electrons. The summed E-state index contributed by atoms with van der Waals surface area (Å²) >= 11 is 0. The Morgan fingerprint density at radius 3 is 2.83 bits per heavy atom. The third kappa shape index (κ3) is 1.64. The summed E-state index contributed by atoms with van der Waals surface area (Å²) in [5.41, 5.74) is 7.18. The molecule has 0 atom stereocenters. The van der Waals surface area contributed by atoms with E-state index >= 15 is 0 Å². The first kappa shape index (κ1) is 13.0. The number of anilines is 2. The topological polar surface area (TPSA) is 25.2 Å². The van der Waals surface area contributed by atoms with Gasteiger partial charge >= 0.3 is 0 Å². The molecule has 0 bridgehead atoms. The van der Waals surface area contributed by atoms with Gasteiger partial charge in [0.15, 0.2) is 5.58 Å². The van der Waals surface area contributed by atoms with Gasteiger partial charge in [0.25, 0.3) is 0 Å². The van der Waals surface area contributed by atoms with E-state index in [4.69, 9.17) is 4.42 Å². The minimum absolute atomic E-state index is 0.0332. The summed E-state index contributed by atoms with van der Waals surface area (Å²) < 4.78 is 6.28. The fourth-order valence-electron chi connectivity index (χ4n) is 4.08. The van der Waals surface area contributed by atoms with Crippen LogP contribution in [0.1, 0.15) is 42.7 Å². The number of nitrogens with one attached hydrogen (secondary N) is 1. The van der Waals surface area contributed by atoms with Gasteiger partial charge in [-0.3, -0.25) is 0 Å². The summed E-state index contributed by atoms with van der Waals surface area (Å²) in [6.45, 7) is 4.58. The molecule has 1 aliphatic carbocycles. The first-order valence-corrected chi connectivity index (χ1v) is 8.28. The van der Waals surface area contributed by atoms with Crippen LogP contribution in [0.4, 0.5) is 11.4 Å². The predicted molar refractivity (Wildman–Crippen MR) is 95.4 cm³/mol. The van der Waals surface area contributed by atoms with E-state index in [1.165, 1.54) is 27.8 Å². The molecule has 2 heteroatoms. The van der Waals surface area contributed by atoms with E-state index in [0.29, 0.717) is 0 Å². The lowest BCUT2D eigenvalue weighted by Gasteiger charge is -2.35. The molecule has 2 nitrogen and oxygen atoms in total. The number of aryl methyl sites for hydroxylation is 1. The molecule has 0 amide bonds. The highest BCUT2D eigenvalue weighted by atomic mass is 16.3. The van der Waals surface area contributed by atoms with Gasteiger partial charge in [-0.15, -0.1) is 0 Å². The average Bonchev–Trinajstić information content (AvgIpc) is 2.94. The minimum atomic E-state index is -0.0332. The Morgan fingerprint density at radius 1 is 1.04 bits per heavy atom. The highest BCUT2D eigenvalue weighted by Gasteiger charge is 2.34. The van der Waals surface area contributed by atoms with Crippen LogP contribution in [0.25, 0.3) is 17.0 Å². The molecule has 0 spiro atoms. The lowest BCUT2D eigenvalue weighted by molar-refractivity contribution is 0.545. The van der Waals surface area contributed by atoms with E-state index in [9.17, 15) is 0 Å². The number of allylic oxidation sites excluding steroid dienone is 1. The van der Waals surface area contributed by atoms with Crippen molar-refractivity contribution >= 4 is 28.4 Å². The largest absolute Gasteiger partial charge is 0.458 e. The summed E-state index contributed by atoms with van der Waals surface area (Å²) in [4.78, 5) is 0. The number of fused-ring (bicyclic) bond motifs is 6. The van der Waals surface area contributed by atoms with E-state index in [1.54, 1.807) is 0 Å². The van der Waals surface area contributed by atoms with Crippen molar-refractivity contribution in [3.8, 4) is 0 Å². The van der Waals surface area contributed by atoms with Crippen LogP contribution in [-0.4, -0.2) is 0 Å². The van der Waals surface area contributed by atoms with Crippen LogP contribution in [0, 0.1) is 0 Å². The second-order valence-electron chi connectivity index (χ2n) is 7.04. The van der Waals surface area contributed by atoms with Gasteiger partial charge in [0.2, 0.25) is 0 Å². The molecule has 23 heavy (non-hydrogen) atoms. The van der Waals surface area contributed by atoms with Crippen molar-refractivity contribution in [2.75, 3.05) is 5.32 Å². The minimum Gasteiger partial charge on any atom is -0.458 e. The summed E-state index contributed by atoms with van der Waals surface area (Å²) in [6.07, 6.45) is 6.51. The Hall–Kier alpha value is -2.48. The molecule has 1 aliphatic heterocycles. The second kappa shape index (κ2) is 4.29. The van der Waals surface area contributed by atoms with Crippen molar-refractivity contribution < 1.29 is 4.42 Å². The number of furan rings is 1. The highest BCUT2D eigenvalue weighted by molar-refractivity contribution is 6.00. The van der Waals surface area contributed by atoms with Gasteiger partial charge < -0.3 is 9.73 Å². The molecule has 0 saturated carbocycles. The molecule has 2 aliphatic rings. The monoisotopic (exact) mass is 301 g/mol. The molecule has 2 heterocycles. The van der Waals surface area contributed by atoms with E-state index in [-0.39, 0.29) is 5.41 Å². The standard InChI is InChI=1S/C21H19NO/c1-21(2)15-8-4-5-9-17(15)22-19-16(21)12-11-14-13-7-3-6-10-18(13)23-20(14)19/h3-5,7-9,11-12,22H,6,10H2,1-2H3. The summed E-state index contributed by atoms with van der Waals surface area (Å²) in [5.74, 6) is 1.12. The predicted octanol–water partition coefficient (Wildman–Crippen LogP) is 5.78. The van der Waals surface area contributed by atoms with Gasteiger partial charge in [0, 0.05) is 28.5 Å². The zero-order chi connectivity index (χ0) is 15.6. The van der Waals surface area contributed by atoms with Crippen LogP contribution in [0.5, 0.6) is 0 Å². The van der Waals surface area contributed by atoms with Gasteiger partial charge in [-0.25, -0.2) is 0 Å². The second-order valence-corrected chi connectivity index (χ2v) is 7.04. The highest BCUT2D eigenvalue weighted by Crippen LogP contribution is 2.49. The van der Waals surface area contributed by atoms with E-state index < -0.39 is 0 Å². The molecule has 1 N–H and O–H groups in total. The Morgan fingerprint density at radius 2 is 1.91 bits per heavy atom. The third-order valence-electron chi connectivity index (χ3n) is 5.33. The molecule has 5 rings (SSSR count). The normalized spacial score (nSPS) is 17.3. The molecular formula is C21H19NO. The number of hydrogen-bond acceptors (Lipinski definition) is 2. The van der Waals surface area contributed by atoms with E-state index in [0.717, 1.165) is 29.9 Å². The van der Waals surface area contributed by atoms with Crippen LogP contribution >= 0.6 is 0 Å². The Bertz CT molecular complexity index is 975. The molecule has 2 aromatic carbocycles. The molecule has 0 unspecified atom stereocenters. The van der Waals surface area contributed by atoms with Crippen LogP contribution in [0.2, 0.25) is 0 Å². The fourth-order valence-corrected chi connectivity index (χ4v) is 4.08. The first-order chi connectivity index (χ1) is 11.2. The van der Waals surface area contributed by atoms with Gasteiger partial charge in [0.1, 0.15) is 5.76 Å². The Balaban J connectivity index is 1.83. The SMILES string of the molecule is CC1(C)c2ccccc2Nc2c1ccc1c3c(oc21)CCC=C3. The maximum absolute atomic E-state index is 6.28. The smallest absolute Gasteiger partial charge is 0.158 e. The zero-order valence-corrected chi connectivity index (χ0v) is 13.4. The molecule has 3 aromatic rings. The maximum Gasteiger partial charge on any atom is 0.158 e. The third-order valence-corrected chi connectivity index (χ3v) is 5.33. The van der Waals surface area contributed by atoms with Gasteiger partial charge in [-0.2, -0.15) is 0 Å². The first-order valence-electron chi connectivity index (χ1n) is 8.28. The molecule has 0 radical (unpaired) electrons. The number of benzene rings is 2. The van der Waals surface area contributed by atoms with Gasteiger partial charge in [-0.05, 0) is 23.6 Å². The van der Waals surface area contributed by atoms with E-state index in [2.05, 4.69) is 67.7 Å². The van der Waals surface area contributed by atoms with Crippen molar-refractivity contribution in [3.63, 3.8) is 0 Å². The molecule has 0 fully saturated rings.